The summed E-state index contributed by atoms with van der Waals surface area (Å²) in [6, 6.07) is 32.0. The third kappa shape index (κ3) is 6.96. The van der Waals surface area contributed by atoms with Gasteiger partial charge in [-0.05, 0) is 193 Å². The molecule has 6 aromatic rings. The van der Waals surface area contributed by atoms with Gasteiger partial charge in [0.25, 0.3) is 0 Å². The summed E-state index contributed by atoms with van der Waals surface area (Å²) >= 11 is 0. The molecule has 4 bridgehead atoms. The van der Waals surface area contributed by atoms with Crippen molar-refractivity contribution in [2.45, 2.75) is 116 Å². The van der Waals surface area contributed by atoms with Crippen molar-refractivity contribution < 1.29 is 30.6 Å². The fourth-order valence-corrected chi connectivity index (χ4v) is 12.5. The Kier molecular flexibility index (Phi) is 10.4. The number of phenolic OH excluding ortho intramolecular Hbond substituents is 6. The first-order valence-corrected chi connectivity index (χ1v) is 22.5. The average molecular weight is 829 g/mol. The normalized spacial score (nSPS) is 21.6. The van der Waals surface area contributed by atoms with E-state index in [9.17, 15) is 30.6 Å². The molecule has 0 aromatic heterocycles. The molecule has 0 spiro atoms. The second kappa shape index (κ2) is 15.5. The lowest BCUT2D eigenvalue weighted by Gasteiger charge is -2.63. The molecule has 0 radical (unpaired) electrons. The van der Waals surface area contributed by atoms with Crippen LogP contribution in [0.4, 0.5) is 0 Å². The molecule has 0 amide bonds. The summed E-state index contributed by atoms with van der Waals surface area (Å²) in [5.74, 6) is 1.91. The van der Waals surface area contributed by atoms with Crippen LogP contribution in [0, 0.1) is 39.5 Å². The van der Waals surface area contributed by atoms with Crippen LogP contribution in [-0.2, 0) is 23.7 Å². The van der Waals surface area contributed by atoms with Crippen LogP contribution in [0.25, 0.3) is 0 Å². The number of phenols is 6. The Morgan fingerprint density at radius 2 is 0.758 bits per heavy atom. The zero-order valence-corrected chi connectivity index (χ0v) is 36.9. The van der Waals surface area contributed by atoms with Crippen LogP contribution in [0.15, 0.2) is 97.1 Å². The van der Waals surface area contributed by atoms with Crippen molar-refractivity contribution >= 4 is 0 Å². The topological polar surface area (TPSA) is 121 Å². The van der Waals surface area contributed by atoms with Gasteiger partial charge < -0.3 is 30.6 Å². The van der Waals surface area contributed by atoms with Crippen LogP contribution in [0.2, 0.25) is 0 Å². The van der Waals surface area contributed by atoms with E-state index in [4.69, 9.17) is 0 Å². The zero-order valence-electron chi connectivity index (χ0n) is 36.9. The molecule has 0 unspecified atom stereocenters. The van der Waals surface area contributed by atoms with Gasteiger partial charge in [-0.25, -0.2) is 0 Å². The Labute approximate surface area is 366 Å². The molecule has 320 valence electrons. The Morgan fingerprint density at radius 1 is 0.452 bits per heavy atom. The van der Waals surface area contributed by atoms with Crippen molar-refractivity contribution in [1.29, 1.82) is 0 Å². The van der Waals surface area contributed by atoms with E-state index in [2.05, 4.69) is 38.1 Å². The Morgan fingerprint density at radius 3 is 1.03 bits per heavy atom. The third-order valence-corrected chi connectivity index (χ3v) is 15.3. The van der Waals surface area contributed by atoms with Crippen molar-refractivity contribution in [2.24, 2.45) is 11.8 Å². The zero-order chi connectivity index (χ0) is 43.8. The van der Waals surface area contributed by atoms with E-state index >= 15 is 0 Å². The Hall–Kier alpha value is -5.88. The molecule has 4 aliphatic carbocycles. The van der Waals surface area contributed by atoms with E-state index in [1.54, 1.807) is 24.3 Å². The van der Waals surface area contributed by atoms with E-state index in [1.807, 2.05) is 76.2 Å². The maximum atomic E-state index is 12.2. The largest absolute Gasteiger partial charge is 0.508 e. The number of benzene rings is 6. The third-order valence-electron chi connectivity index (χ3n) is 15.3. The summed E-state index contributed by atoms with van der Waals surface area (Å²) in [6.45, 7) is 11.8. The minimum atomic E-state index is -0.336. The van der Waals surface area contributed by atoms with Crippen molar-refractivity contribution in [2.75, 3.05) is 0 Å². The molecule has 4 saturated carbocycles. The highest BCUT2D eigenvalue weighted by Gasteiger charge is 2.59. The fraction of sp³-hybridized carbons (Fsp3) is 0.357. The lowest BCUT2D eigenvalue weighted by atomic mass is 9.41. The van der Waals surface area contributed by atoms with Gasteiger partial charge in [0.2, 0.25) is 0 Å². The van der Waals surface area contributed by atoms with Crippen LogP contribution >= 0.6 is 0 Å². The summed E-state index contributed by atoms with van der Waals surface area (Å²) in [5.41, 5.74) is 12.8. The van der Waals surface area contributed by atoms with Gasteiger partial charge in [-0.3, -0.25) is 0 Å². The van der Waals surface area contributed by atoms with Crippen LogP contribution in [0.1, 0.15) is 142 Å². The predicted molar refractivity (Wildman–Crippen MR) is 246 cm³/mol. The van der Waals surface area contributed by atoms with Gasteiger partial charge >= 0.3 is 0 Å². The molecule has 62 heavy (non-hydrogen) atoms. The van der Waals surface area contributed by atoms with Crippen molar-refractivity contribution in [3.8, 4) is 34.5 Å². The monoisotopic (exact) mass is 828 g/mol. The maximum absolute atomic E-state index is 12.2. The van der Waals surface area contributed by atoms with Crippen LogP contribution in [0.3, 0.4) is 0 Å². The highest BCUT2D eigenvalue weighted by atomic mass is 16.3. The number of hydrogen-bond donors (Lipinski definition) is 6. The first-order chi connectivity index (χ1) is 29.6. The molecule has 6 N–H and O–H groups in total. The van der Waals surface area contributed by atoms with E-state index < -0.39 is 0 Å². The summed E-state index contributed by atoms with van der Waals surface area (Å²) < 4.78 is 0. The molecular weight excluding hydrogens is 769 g/mol. The van der Waals surface area contributed by atoms with Gasteiger partial charge in [0, 0.05) is 23.0 Å². The Bertz CT molecular complexity index is 2430. The molecule has 4 aliphatic rings. The lowest BCUT2D eigenvalue weighted by molar-refractivity contribution is -0.0282. The second-order valence-corrected chi connectivity index (χ2v) is 19.4. The standard InChI is InChI=1S/C56H60O6/c1-7-37-22-43(24-45(53(37)61)51(39-9-13-47(57)31(3)17-39)40-10-14-48(58)32(4)18-40)55-26-35-21-36(27-55)29-56(28-35,30-55)44-23-38(8-2)54(62)46(25-44)52(41-11-15-49(59)33(5)19-41)42-12-16-50(60)34(6)20-42/h9-20,22-25,35-36,51-52,57-62H,7-8,21,26-30H2,1-6H3. The average Bonchev–Trinajstić information content (AvgIpc) is 3.23. The molecule has 0 aliphatic heterocycles. The van der Waals surface area contributed by atoms with Gasteiger partial charge in [0.1, 0.15) is 34.5 Å². The van der Waals surface area contributed by atoms with Gasteiger partial charge in [0.05, 0.1) is 0 Å². The summed E-state index contributed by atoms with van der Waals surface area (Å²) in [5, 5.41) is 66.8. The van der Waals surface area contributed by atoms with Gasteiger partial charge in [0.15, 0.2) is 0 Å². The summed E-state index contributed by atoms with van der Waals surface area (Å²) in [7, 11) is 0. The molecule has 0 heterocycles. The van der Waals surface area contributed by atoms with Gasteiger partial charge in [-0.1, -0.05) is 86.6 Å². The molecule has 0 atom stereocenters. The van der Waals surface area contributed by atoms with Crippen molar-refractivity contribution in [3.63, 3.8) is 0 Å². The minimum Gasteiger partial charge on any atom is -0.508 e. The van der Waals surface area contributed by atoms with Crippen molar-refractivity contribution in [3.05, 3.63) is 175 Å². The quantitative estimate of drug-likeness (QED) is 0.0765. The Balaban J connectivity index is 1.21. The highest BCUT2D eigenvalue weighted by Crippen LogP contribution is 2.67. The van der Waals surface area contributed by atoms with Crippen LogP contribution in [-0.4, -0.2) is 30.6 Å². The van der Waals surface area contributed by atoms with Crippen molar-refractivity contribution in [1.82, 2.24) is 0 Å². The molecule has 6 heteroatoms. The SMILES string of the molecule is CCc1cc(C23CC4CC(C2)CC(c2cc(CC)c(O)c(C(c5ccc(O)c(C)c5)c5ccc(O)c(C)c5)c2)(C4)C3)cc(C(c2ccc(O)c(C)c2)c2ccc(O)c(C)c2)c1O. The van der Waals surface area contributed by atoms with Crippen LogP contribution in [0.5, 0.6) is 34.5 Å². The molecule has 6 nitrogen and oxygen atoms in total. The van der Waals surface area contributed by atoms with E-state index in [0.717, 1.165) is 98.9 Å². The number of aryl methyl sites for hydroxylation is 6. The molecule has 4 fully saturated rings. The first-order valence-electron chi connectivity index (χ1n) is 22.5. The number of hydrogen-bond acceptors (Lipinski definition) is 6. The first kappa shape index (κ1) is 41.5. The lowest BCUT2D eigenvalue weighted by Crippen LogP contribution is -2.56. The second-order valence-electron chi connectivity index (χ2n) is 19.4. The highest BCUT2D eigenvalue weighted by molar-refractivity contribution is 5.60. The number of aromatic hydroxyl groups is 6. The van der Waals surface area contributed by atoms with Gasteiger partial charge in [-0.2, -0.15) is 0 Å². The minimum absolute atomic E-state index is 0.122. The summed E-state index contributed by atoms with van der Waals surface area (Å²) in [6.07, 6.45) is 7.89. The molecule has 6 aromatic carbocycles. The van der Waals surface area contributed by atoms with E-state index in [-0.39, 0.29) is 45.7 Å². The van der Waals surface area contributed by atoms with Crippen LogP contribution < -0.4 is 0 Å². The fourth-order valence-electron chi connectivity index (χ4n) is 12.5. The van der Waals surface area contributed by atoms with E-state index in [1.165, 1.54) is 17.5 Å². The van der Waals surface area contributed by atoms with E-state index in [0.29, 0.717) is 36.2 Å². The molecule has 10 rings (SSSR count). The number of rotatable bonds is 10. The molecule has 0 saturated heterocycles. The smallest absolute Gasteiger partial charge is 0.122 e. The summed E-state index contributed by atoms with van der Waals surface area (Å²) in [4.78, 5) is 0. The molecular formula is C56H60O6. The maximum Gasteiger partial charge on any atom is 0.122 e. The van der Waals surface area contributed by atoms with Gasteiger partial charge in [-0.15, -0.1) is 0 Å². The predicted octanol–water partition coefficient (Wildman–Crippen LogP) is 12.4.